The third-order valence-electron chi connectivity index (χ3n) is 10.00. The maximum Gasteiger partial charge on any atom is 0.119 e. The molecule has 0 spiro atoms. The Balaban J connectivity index is 1.40. The van der Waals surface area contributed by atoms with Crippen molar-refractivity contribution < 1.29 is 9.84 Å². The van der Waals surface area contributed by atoms with Crippen LogP contribution in [-0.4, -0.2) is 17.8 Å². The summed E-state index contributed by atoms with van der Waals surface area (Å²) in [6, 6.07) is 8.36. The van der Waals surface area contributed by atoms with E-state index >= 15 is 0 Å². The van der Waals surface area contributed by atoms with Gasteiger partial charge in [0.25, 0.3) is 0 Å². The molecule has 7 atom stereocenters. The monoisotopic (exact) mass is 408 g/mol. The molecular weight excluding hydrogens is 368 g/mol. The van der Waals surface area contributed by atoms with Crippen LogP contribution in [0, 0.1) is 34.5 Å². The Bertz CT molecular complexity index is 795. The maximum atomic E-state index is 11.4. The number of hydrogen-bond acceptors (Lipinski definition) is 2. The molecule has 0 aromatic heterocycles. The van der Waals surface area contributed by atoms with Crippen LogP contribution in [0.25, 0.3) is 6.08 Å². The summed E-state index contributed by atoms with van der Waals surface area (Å²) in [5.74, 6) is 4.23. The van der Waals surface area contributed by atoms with Gasteiger partial charge in [-0.25, -0.2) is 0 Å². The zero-order chi connectivity index (χ0) is 20.9. The smallest absolute Gasteiger partial charge is 0.119 e. The van der Waals surface area contributed by atoms with Crippen molar-refractivity contribution in [2.24, 2.45) is 34.5 Å². The maximum absolute atomic E-state index is 11.4. The second-order valence-corrected chi connectivity index (χ2v) is 11.3. The number of aliphatic hydroxyl groups is 1. The van der Waals surface area contributed by atoms with Gasteiger partial charge >= 0.3 is 0 Å². The van der Waals surface area contributed by atoms with Crippen molar-refractivity contribution in [2.75, 3.05) is 6.61 Å². The fourth-order valence-electron chi connectivity index (χ4n) is 8.33. The Morgan fingerprint density at radius 2 is 1.77 bits per heavy atom. The van der Waals surface area contributed by atoms with E-state index in [9.17, 15) is 5.11 Å². The van der Waals surface area contributed by atoms with E-state index in [2.05, 4.69) is 32.1 Å². The van der Waals surface area contributed by atoms with Crippen LogP contribution in [0.2, 0.25) is 0 Å². The quantitative estimate of drug-likeness (QED) is 0.591. The first-order valence-electron chi connectivity index (χ1n) is 12.6. The molecule has 0 heterocycles. The van der Waals surface area contributed by atoms with Crippen molar-refractivity contribution in [2.45, 2.75) is 84.7 Å². The third-order valence-corrected chi connectivity index (χ3v) is 10.00. The molecule has 2 heteroatoms. The van der Waals surface area contributed by atoms with Gasteiger partial charge < -0.3 is 9.84 Å². The molecule has 0 amide bonds. The van der Waals surface area contributed by atoms with E-state index in [0.29, 0.717) is 17.9 Å². The lowest BCUT2D eigenvalue weighted by Crippen LogP contribution is -2.53. The van der Waals surface area contributed by atoms with Gasteiger partial charge in [0.1, 0.15) is 5.75 Å². The van der Waals surface area contributed by atoms with Crippen molar-refractivity contribution in [1.29, 1.82) is 0 Å². The molecule has 0 radical (unpaired) electrons. The van der Waals surface area contributed by atoms with Gasteiger partial charge in [-0.3, -0.25) is 0 Å². The average Bonchev–Trinajstić information content (AvgIpc) is 3.00. The molecule has 0 saturated heterocycles. The standard InChI is InChI=1S/C28H40O2/c1-4-30-22-11-8-19(9-12-22)17-20-18-25-23-13-10-21-7-5-6-15-27(21,2)24(23)14-16-28(25,3)26(20)29/h8-9,11-12,17,21,23-26,29H,4-7,10,13-16,18H2,1-3H3/b20-17-/t21-,23+,24-,25-,26-,27+,28+/m1/s1. The minimum absolute atomic E-state index is 0.0656. The first kappa shape index (κ1) is 20.6. The van der Waals surface area contributed by atoms with Crippen LogP contribution in [0.1, 0.15) is 84.1 Å². The fraction of sp³-hybridized carbons (Fsp3) is 0.714. The van der Waals surface area contributed by atoms with Crippen molar-refractivity contribution >= 4 is 6.08 Å². The first-order chi connectivity index (χ1) is 14.5. The van der Waals surface area contributed by atoms with E-state index in [0.717, 1.165) is 29.9 Å². The minimum atomic E-state index is -0.285. The van der Waals surface area contributed by atoms with Crippen LogP contribution in [-0.2, 0) is 0 Å². The Labute approximate surface area is 183 Å². The number of rotatable bonds is 3. The number of aliphatic hydroxyl groups excluding tert-OH is 1. The van der Waals surface area contributed by atoms with E-state index in [-0.39, 0.29) is 11.5 Å². The highest BCUT2D eigenvalue weighted by Gasteiger charge is 2.60. The molecule has 0 bridgehead atoms. The zero-order valence-corrected chi connectivity index (χ0v) is 19.2. The molecule has 30 heavy (non-hydrogen) atoms. The van der Waals surface area contributed by atoms with E-state index < -0.39 is 0 Å². The molecule has 5 rings (SSSR count). The van der Waals surface area contributed by atoms with Gasteiger partial charge in [-0.1, -0.05) is 44.9 Å². The van der Waals surface area contributed by atoms with E-state index in [1.54, 1.807) is 0 Å². The first-order valence-corrected chi connectivity index (χ1v) is 12.6. The van der Waals surface area contributed by atoms with Crippen molar-refractivity contribution in [3.05, 3.63) is 35.4 Å². The molecule has 164 valence electrons. The van der Waals surface area contributed by atoms with Crippen LogP contribution in [0.5, 0.6) is 5.75 Å². The molecule has 1 aromatic rings. The third kappa shape index (κ3) is 3.17. The lowest BCUT2D eigenvalue weighted by Gasteiger charge is -2.60. The molecule has 4 aliphatic rings. The Hall–Kier alpha value is -1.28. The van der Waals surface area contributed by atoms with Gasteiger partial charge in [-0.2, -0.15) is 0 Å². The van der Waals surface area contributed by atoms with Crippen LogP contribution in [0.4, 0.5) is 0 Å². The predicted molar refractivity (Wildman–Crippen MR) is 123 cm³/mol. The fourth-order valence-corrected chi connectivity index (χ4v) is 8.33. The normalized spacial score (nSPS) is 44.3. The highest BCUT2D eigenvalue weighted by molar-refractivity contribution is 5.56. The second kappa shape index (κ2) is 7.69. The topological polar surface area (TPSA) is 29.5 Å². The summed E-state index contributed by atoms with van der Waals surface area (Å²) in [5, 5.41) is 11.4. The number of fused-ring (bicyclic) bond motifs is 5. The summed E-state index contributed by atoms with van der Waals surface area (Å²) < 4.78 is 5.59. The van der Waals surface area contributed by atoms with Crippen LogP contribution in [0.15, 0.2) is 29.8 Å². The molecule has 0 aliphatic heterocycles. The lowest BCUT2D eigenvalue weighted by molar-refractivity contribution is -0.119. The van der Waals surface area contributed by atoms with Crippen LogP contribution >= 0.6 is 0 Å². The van der Waals surface area contributed by atoms with Gasteiger partial charge in [0.15, 0.2) is 0 Å². The van der Waals surface area contributed by atoms with Crippen molar-refractivity contribution in [1.82, 2.24) is 0 Å². The Morgan fingerprint density at radius 1 is 0.967 bits per heavy atom. The lowest BCUT2D eigenvalue weighted by atomic mass is 9.45. The SMILES string of the molecule is CCOc1ccc(/C=C2/C[C@@H]3[C@H]4CC[C@H]5CCCC[C@]5(C)[C@@H]4CC[C@]3(C)[C@@H]2O)cc1. The summed E-state index contributed by atoms with van der Waals surface area (Å²) in [4.78, 5) is 0. The van der Waals surface area contributed by atoms with Crippen molar-refractivity contribution in [3.8, 4) is 5.75 Å². The number of benzene rings is 1. The Kier molecular flexibility index (Phi) is 5.29. The highest BCUT2D eigenvalue weighted by Crippen LogP contribution is 2.67. The summed E-state index contributed by atoms with van der Waals surface area (Å²) >= 11 is 0. The molecule has 4 fully saturated rings. The second-order valence-electron chi connectivity index (χ2n) is 11.3. The summed E-state index contributed by atoms with van der Waals surface area (Å²) in [7, 11) is 0. The molecule has 2 nitrogen and oxygen atoms in total. The number of ether oxygens (including phenoxy) is 1. The average molecular weight is 409 g/mol. The Morgan fingerprint density at radius 3 is 2.53 bits per heavy atom. The summed E-state index contributed by atoms with van der Waals surface area (Å²) in [6.45, 7) is 7.74. The molecule has 1 aromatic carbocycles. The van der Waals surface area contributed by atoms with Gasteiger partial charge in [0.2, 0.25) is 0 Å². The zero-order valence-electron chi connectivity index (χ0n) is 19.2. The van der Waals surface area contributed by atoms with E-state index in [1.165, 1.54) is 62.5 Å². The number of hydrogen-bond donors (Lipinski definition) is 1. The summed E-state index contributed by atoms with van der Waals surface area (Å²) in [5.41, 5.74) is 3.09. The largest absolute Gasteiger partial charge is 0.494 e. The summed E-state index contributed by atoms with van der Waals surface area (Å²) in [6.07, 6.45) is 14.2. The van der Waals surface area contributed by atoms with E-state index in [4.69, 9.17) is 4.74 Å². The van der Waals surface area contributed by atoms with Gasteiger partial charge in [-0.05, 0) is 104 Å². The van der Waals surface area contributed by atoms with Crippen LogP contribution in [0.3, 0.4) is 0 Å². The molecule has 0 unspecified atom stereocenters. The predicted octanol–water partition coefficient (Wildman–Crippen LogP) is 6.87. The van der Waals surface area contributed by atoms with E-state index in [1.807, 2.05) is 19.1 Å². The molecule has 4 saturated carbocycles. The van der Waals surface area contributed by atoms with Gasteiger partial charge in [0.05, 0.1) is 12.7 Å². The van der Waals surface area contributed by atoms with Crippen molar-refractivity contribution in [3.63, 3.8) is 0 Å². The van der Waals surface area contributed by atoms with Gasteiger partial charge in [0, 0.05) is 5.41 Å². The molecule has 1 N–H and O–H groups in total. The van der Waals surface area contributed by atoms with Gasteiger partial charge in [-0.15, -0.1) is 0 Å². The molecular formula is C28H40O2. The molecule has 4 aliphatic carbocycles. The highest BCUT2D eigenvalue weighted by atomic mass is 16.5. The minimum Gasteiger partial charge on any atom is -0.494 e. The van der Waals surface area contributed by atoms with Crippen LogP contribution < -0.4 is 4.74 Å².